The van der Waals surface area contributed by atoms with Crippen molar-refractivity contribution in [3.8, 4) is 0 Å². The van der Waals surface area contributed by atoms with E-state index in [1.165, 1.54) is 7.11 Å². The van der Waals surface area contributed by atoms with Crippen molar-refractivity contribution >= 4 is 11.8 Å². The first kappa shape index (κ1) is 13.1. The number of imidazole rings is 1. The predicted octanol–water partition coefficient (Wildman–Crippen LogP) is 1.64. The summed E-state index contributed by atoms with van der Waals surface area (Å²) >= 11 is 0. The molecule has 0 aromatic carbocycles. The van der Waals surface area contributed by atoms with Crippen molar-refractivity contribution in [3.05, 3.63) is 42.1 Å². The minimum Gasteiger partial charge on any atom is -0.465 e. The normalized spacial score (nSPS) is 10.2. The van der Waals surface area contributed by atoms with Gasteiger partial charge in [-0.2, -0.15) is 0 Å². The van der Waals surface area contributed by atoms with Crippen molar-refractivity contribution in [3.63, 3.8) is 0 Å². The van der Waals surface area contributed by atoms with E-state index in [2.05, 4.69) is 25.0 Å². The van der Waals surface area contributed by atoms with Crippen LogP contribution >= 0.6 is 0 Å². The Labute approximate surface area is 111 Å². The Bertz CT molecular complexity index is 525. The number of hydrogen-bond donors (Lipinski definition) is 2. The summed E-state index contributed by atoms with van der Waals surface area (Å²) in [5.74, 6) is 1.28. The van der Waals surface area contributed by atoms with E-state index in [9.17, 15) is 4.79 Å². The van der Waals surface area contributed by atoms with E-state index < -0.39 is 0 Å². The van der Waals surface area contributed by atoms with Crippen molar-refractivity contribution in [1.29, 1.82) is 0 Å². The van der Waals surface area contributed by atoms with Crippen LogP contribution in [0.25, 0.3) is 0 Å². The highest BCUT2D eigenvalue weighted by atomic mass is 16.5. The van der Waals surface area contributed by atoms with Crippen LogP contribution in [0.1, 0.15) is 22.6 Å². The smallest absolute Gasteiger partial charge is 0.338 e. The average Bonchev–Trinajstić information content (AvgIpc) is 2.96. The summed E-state index contributed by atoms with van der Waals surface area (Å²) in [4.78, 5) is 22.7. The summed E-state index contributed by atoms with van der Waals surface area (Å²) in [6, 6.07) is 3.30. The third kappa shape index (κ3) is 3.80. The van der Waals surface area contributed by atoms with Crippen molar-refractivity contribution in [2.45, 2.75) is 12.8 Å². The van der Waals surface area contributed by atoms with Crippen LogP contribution in [0.15, 0.2) is 30.7 Å². The summed E-state index contributed by atoms with van der Waals surface area (Å²) < 4.78 is 4.66. The van der Waals surface area contributed by atoms with Gasteiger partial charge < -0.3 is 15.0 Å². The Hall–Kier alpha value is -2.37. The van der Waals surface area contributed by atoms with Gasteiger partial charge in [-0.15, -0.1) is 0 Å². The van der Waals surface area contributed by atoms with Crippen LogP contribution in [0.5, 0.6) is 0 Å². The number of nitrogens with one attached hydrogen (secondary N) is 2. The standard InChI is InChI=1S/C13H16N4O2/c1-19-13(18)10-4-6-15-12(9-10)14-5-2-3-11-16-7-8-17-11/h4,6-9H,2-3,5H2,1H3,(H,14,15)(H,16,17). The highest BCUT2D eigenvalue weighted by molar-refractivity contribution is 5.89. The Morgan fingerprint density at radius 1 is 1.42 bits per heavy atom. The number of carbonyl (C=O) groups is 1. The van der Waals surface area contributed by atoms with E-state index in [0.717, 1.165) is 25.2 Å². The van der Waals surface area contributed by atoms with Crippen LogP contribution in [-0.4, -0.2) is 34.6 Å². The number of ether oxygens (including phenoxy) is 1. The second-order valence-corrected chi connectivity index (χ2v) is 3.99. The molecular formula is C13H16N4O2. The van der Waals surface area contributed by atoms with Gasteiger partial charge in [-0.05, 0) is 18.6 Å². The highest BCUT2D eigenvalue weighted by Gasteiger charge is 2.05. The van der Waals surface area contributed by atoms with E-state index in [4.69, 9.17) is 0 Å². The predicted molar refractivity (Wildman–Crippen MR) is 71.0 cm³/mol. The maximum Gasteiger partial charge on any atom is 0.338 e. The molecule has 0 spiro atoms. The highest BCUT2D eigenvalue weighted by Crippen LogP contribution is 2.08. The van der Waals surface area contributed by atoms with Crippen LogP contribution in [-0.2, 0) is 11.2 Å². The SMILES string of the molecule is COC(=O)c1ccnc(NCCCc2ncc[nH]2)c1. The number of rotatable bonds is 6. The molecule has 0 aliphatic carbocycles. The Kier molecular flexibility index (Phi) is 4.49. The number of H-pyrrole nitrogens is 1. The lowest BCUT2D eigenvalue weighted by molar-refractivity contribution is 0.0600. The number of esters is 1. The molecule has 2 aromatic rings. The largest absolute Gasteiger partial charge is 0.465 e. The van der Waals surface area contributed by atoms with Crippen LogP contribution in [0, 0.1) is 0 Å². The first-order valence-electron chi connectivity index (χ1n) is 6.06. The van der Waals surface area contributed by atoms with E-state index in [1.807, 2.05) is 6.20 Å². The summed E-state index contributed by atoms with van der Waals surface area (Å²) in [6.45, 7) is 0.762. The third-order valence-corrected chi connectivity index (χ3v) is 2.63. The van der Waals surface area contributed by atoms with Crippen molar-refractivity contribution in [2.75, 3.05) is 19.0 Å². The van der Waals surface area contributed by atoms with E-state index in [-0.39, 0.29) is 5.97 Å². The minimum absolute atomic E-state index is 0.360. The Morgan fingerprint density at radius 3 is 3.05 bits per heavy atom. The number of aromatic amines is 1. The molecule has 0 amide bonds. The number of hydrogen-bond acceptors (Lipinski definition) is 5. The fourth-order valence-electron chi connectivity index (χ4n) is 1.68. The summed E-state index contributed by atoms with van der Waals surface area (Å²) in [5, 5.41) is 3.17. The average molecular weight is 260 g/mol. The molecule has 0 saturated carbocycles. The molecule has 0 atom stereocenters. The lowest BCUT2D eigenvalue weighted by Crippen LogP contribution is -2.07. The zero-order valence-corrected chi connectivity index (χ0v) is 10.7. The summed E-state index contributed by atoms with van der Waals surface area (Å²) in [7, 11) is 1.36. The molecule has 2 N–H and O–H groups in total. The second kappa shape index (κ2) is 6.53. The molecule has 6 nitrogen and oxygen atoms in total. The van der Waals surface area contributed by atoms with Gasteiger partial charge in [0.25, 0.3) is 0 Å². The molecule has 19 heavy (non-hydrogen) atoms. The molecule has 100 valence electrons. The lowest BCUT2D eigenvalue weighted by atomic mass is 10.2. The van der Waals surface area contributed by atoms with Gasteiger partial charge in [-0.25, -0.2) is 14.8 Å². The first-order chi connectivity index (χ1) is 9.29. The summed E-state index contributed by atoms with van der Waals surface area (Å²) in [6.07, 6.45) is 6.93. The van der Waals surface area contributed by atoms with Crippen molar-refractivity contribution < 1.29 is 9.53 Å². The second-order valence-electron chi connectivity index (χ2n) is 3.99. The molecule has 0 saturated heterocycles. The molecule has 2 aromatic heterocycles. The fourth-order valence-corrected chi connectivity index (χ4v) is 1.68. The van der Waals surface area contributed by atoms with Crippen LogP contribution < -0.4 is 5.32 Å². The van der Waals surface area contributed by atoms with Gasteiger partial charge in [0.1, 0.15) is 11.6 Å². The topological polar surface area (TPSA) is 79.9 Å². The number of aromatic nitrogens is 3. The molecule has 2 rings (SSSR count). The quantitative estimate of drug-likeness (QED) is 0.609. The minimum atomic E-state index is -0.360. The van der Waals surface area contributed by atoms with Gasteiger partial charge in [0.05, 0.1) is 12.7 Å². The number of aryl methyl sites for hydroxylation is 1. The lowest BCUT2D eigenvalue weighted by Gasteiger charge is -2.06. The van der Waals surface area contributed by atoms with Crippen LogP contribution in [0.3, 0.4) is 0 Å². The number of anilines is 1. The van der Waals surface area contributed by atoms with Gasteiger partial charge in [-0.3, -0.25) is 0 Å². The summed E-state index contributed by atoms with van der Waals surface area (Å²) in [5.41, 5.74) is 0.492. The Balaban J connectivity index is 1.81. The first-order valence-corrected chi connectivity index (χ1v) is 6.06. The monoisotopic (exact) mass is 260 g/mol. The maximum absolute atomic E-state index is 11.4. The molecule has 2 heterocycles. The van der Waals surface area contributed by atoms with Crippen LogP contribution in [0.2, 0.25) is 0 Å². The maximum atomic E-state index is 11.4. The third-order valence-electron chi connectivity index (χ3n) is 2.63. The van der Waals surface area contributed by atoms with E-state index in [1.54, 1.807) is 24.5 Å². The molecule has 0 fully saturated rings. The fraction of sp³-hybridized carbons (Fsp3) is 0.308. The van der Waals surface area contributed by atoms with Gasteiger partial charge in [0.2, 0.25) is 0 Å². The molecule has 0 aliphatic rings. The van der Waals surface area contributed by atoms with Gasteiger partial charge in [0.15, 0.2) is 0 Å². The molecule has 0 radical (unpaired) electrons. The molecular weight excluding hydrogens is 244 g/mol. The zero-order valence-electron chi connectivity index (χ0n) is 10.7. The number of pyridine rings is 1. The van der Waals surface area contributed by atoms with Gasteiger partial charge in [0, 0.05) is 31.6 Å². The van der Waals surface area contributed by atoms with E-state index >= 15 is 0 Å². The van der Waals surface area contributed by atoms with Crippen molar-refractivity contribution in [1.82, 2.24) is 15.0 Å². The molecule has 0 aliphatic heterocycles. The zero-order chi connectivity index (χ0) is 13.5. The molecule has 0 bridgehead atoms. The van der Waals surface area contributed by atoms with Crippen LogP contribution in [0.4, 0.5) is 5.82 Å². The number of carbonyl (C=O) groups excluding carboxylic acids is 1. The van der Waals surface area contributed by atoms with E-state index in [0.29, 0.717) is 11.4 Å². The number of methoxy groups -OCH3 is 1. The molecule has 0 unspecified atom stereocenters. The molecule has 6 heteroatoms. The van der Waals surface area contributed by atoms with Gasteiger partial charge in [-0.1, -0.05) is 0 Å². The van der Waals surface area contributed by atoms with Gasteiger partial charge >= 0.3 is 5.97 Å². The Morgan fingerprint density at radius 2 is 2.32 bits per heavy atom. The van der Waals surface area contributed by atoms with Crippen molar-refractivity contribution in [2.24, 2.45) is 0 Å². The number of nitrogens with zero attached hydrogens (tertiary/aromatic N) is 2.